The van der Waals surface area contributed by atoms with E-state index in [-0.39, 0.29) is 5.54 Å². The third-order valence-electron chi connectivity index (χ3n) is 3.28. The molecule has 0 saturated heterocycles. The summed E-state index contributed by atoms with van der Waals surface area (Å²) in [4.78, 5) is 0. The highest BCUT2D eigenvalue weighted by Gasteiger charge is 2.28. The Labute approximate surface area is 111 Å². The van der Waals surface area contributed by atoms with Gasteiger partial charge in [0.15, 0.2) is 0 Å². The zero-order chi connectivity index (χ0) is 12.9. The summed E-state index contributed by atoms with van der Waals surface area (Å²) < 4.78 is 0. The van der Waals surface area contributed by atoms with Crippen LogP contribution in [0.4, 0.5) is 0 Å². The van der Waals surface area contributed by atoms with Gasteiger partial charge in [0, 0.05) is 16.5 Å². The van der Waals surface area contributed by atoms with E-state index >= 15 is 0 Å². The first-order chi connectivity index (χ1) is 7.95. The zero-order valence-corrected chi connectivity index (χ0v) is 12.4. The largest absolute Gasteiger partial charge is 0.297 e. The van der Waals surface area contributed by atoms with Gasteiger partial charge in [0.05, 0.1) is 6.07 Å². The summed E-state index contributed by atoms with van der Waals surface area (Å²) in [5.74, 6) is 0. The molecule has 3 heteroatoms. The average molecular weight is 254 g/mol. The normalized spacial score (nSPS) is 22.4. The molecule has 1 aliphatic rings. The van der Waals surface area contributed by atoms with E-state index in [0.717, 1.165) is 11.7 Å². The van der Waals surface area contributed by atoms with Crippen molar-refractivity contribution in [2.45, 2.75) is 81.9 Å². The van der Waals surface area contributed by atoms with Crippen LogP contribution in [0.25, 0.3) is 0 Å². The fraction of sp³-hybridized carbons (Fsp3) is 0.929. The molecule has 0 bridgehead atoms. The lowest BCUT2D eigenvalue weighted by atomic mass is 9.97. The molecule has 0 heterocycles. The van der Waals surface area contributed by atoms with Gasteiger partial charge in [-0.1, -0.05) is 19.8 Å². The number of rotatable bonds is 6. The van der Waals surface area contributed by atoms with E-state index in [4.69, 9.17) is 0 Å². The van der Waals surface area contributed by atoms with Crippen molar-refractivity contribution in [3.63, 3.8) is 0 Å². The van der Waals surface area contributed by atoms with E-state index in [9.17, 15) is 5.26 Å². The lowest BCUT2D eigenvalue weighted by Gasteiger charge is -2.29. The van der Waals surface area contributed by atoms with Gasteiger partial charge in [-0.25, -0.2) is 0 Å². The highest BCUT2D eigenvalue weighted by atomic mass is 32.2. The molecule has 0 aromatic rings. The van der Waals surface area contributed by atoms with Crippen molar-refractivity contribution in [2.75, 3.05) is 0 Å². The Hall–Kier alpha value is -0.200. The van der Waals surface area contributed by atoms with E-state index in [0.29, 0.717) is 11.3 Å². The molecule has 2 nitrogen and oxygen atoms in total. The van der Waals surface area contributed by atoms with Crippen molar-refractivity contribution < 1.29 is 0 Å². The molecule has 98 valence electrons. The minimum atomic E-state index is -0.376. The first-order valence-electron chi connectivity index (χ1n) is 6.79. The van der Waals surface area contributed by atoms with Crippen molar-refractivity contribution in [3.05, 3.63) is 0 Å². The van der Waals surface area contributed by atoms with Gasteiger partial charge in [-0.05, 0) is 40.0 Å². The summed E-state index contributed by atoms with van der Waals surface area (Å²) in [5.41, 5.74) is -0.376. The maximum Gasteiger partial charge on any atom is 0.105 e. The van der Waals surface area contributed by atoms with Gasteiger partial charge in [0.1, 0.15) is 5.54 Å². The fourth-order valence-electron chi connectivity index (χ4n) is 2.75. The van der Waals surface area contributed by atoms with Crippen molar-refractivity contribution in [3.8, 4) is 6.07 Å². The first-order valence-corrected chi connectivity index (χ1v) is 7.74. The van der Waals surface area contributed by atoms with Gasteiger partial charge in [0.2, 0.25) is 0 Å². The number of thioether (sulfide) groups is 1. The Kier molecular flexibility index (Phi) is 5.82. The predicted molar refractivity (Wildman–Crippen MR) is 76.2 cm³/mol. The molecule has 1 saturated carbocycles. The summed E-state index contributed by atoms with van der Waals surface area (Å²) in [6.45, 7) is 8.49. The van der Waals surface area contributed by atoms with Gasteiger partial charge in [-0.2, -0.15) is 17.0 Å². The van der Waals surface area contributed by atoms with Gasteiger partial charge >= 0.3 is 0 Å². The molecule has 17 heavy (non-hydrogen) atoms. The summed E-state index contributed by atoms with van der Waals surface area (Å²) in [6.07, 6.45) is 6.46. The minimum absolute atomic E-state index is 0.364. The second kappa shape index (κ2) is 6.66. The molecule has 1 aliphatic carbocycles. The van der Waals surface area contributed by atoms with Crippen LogP contribution in [0.3, 0.4) is 0 Å². The van der Waals surface area contributed by atoms with E-state index in [2.05, 4.69) is 43.9 Å². The van der Waals surface area contributed by atoms with Crippen molar-refractivity contribution in [1.29, 1.82) is 5.26 Å². The molecule has 1 rings (SSSR count). The SMILES string of the molecule is CC(C)NC(C)(C#N)CC(C)SC1CCCC1. The number of nitrogens with zero attached hydrogens (tertiary/aromatic N) is 1. The molecule has 0 amide bonds. The van der Waals surface area contributed by atoms with E-state index < -0.39 is 0 Å². The van der Waals surface area contributed by atoms with Crippen LogP contribution in [0.1, 0.15) is 59.8 Å². The molecule has 0 radical (unpaired) electrons. The smallest absolute Gasteiger partial charge is 0.105 e. The van der Waals surface area contributed by atoms with Crippen LogP contribution >= 0.6 is 11.8 Å². The highest BCUT2D eigenvalue weighted by molar-refractivity contribution is 8.00. The lowest BCUT2D eigenvalue weighted by molar-refractivity contribution is 0.382. The van der Waals surface area contributed by atoms with E-state index in [1.165, 1.54) is 25.7 Å². The van der Waals surface area contributed by atoms with Crippen LogP contribution in [-0.2, 0) is 0 Å². The van der Waals surface area contributed by atoms with Crippen LogP contribution in [0.15, 0.2) is 0 Å². The Morgan fingerprint density at radius 2 is 1.94 bits per heavy atom. The Morgan fingerprint density at radius 3 is 2.41 bits per heavy atom. The van der Waals surface area contributed by atoms with Crippen molar-refractivity contribution in [1.82, 2.24) is 5.32 Å². The molecule has 0 aromatic heterocycles. The van der Waals surface area contributed by atoms with Crippen LogP contribution < -0.4 is 5.32 Å². The maximum atomic E-state index is 9.32. The minimum Gasteiger partial charge on any atom is -0.297 e. The summed E-state index contributed by atoms with van der Waals surface area (Å²) in [7, 11) is 0. The monoisotopic (exact) mass is 254 g/mol. The molecule has 1 fully saturated rings. The number of hydrogen-bond donors (Lipinski definition) is 1. The van der Waals surface area contributed by atoms with Gasteiger partial charge in [-0.15, -0.1) is 0 Å². The molecule has 2 atom stereocenters. The summed E-state index contributed by atoms with van der Waals surface area (Å²) in [5, 5.41) is 14.1. The summed E-state index contributed by atoms with van der Waals surface area (Å²) >= 11 is 2.09. The number of nitriles is 1. The molecule has 2 unspecified atom stereocenters. The third kappa shape index (κ3) is 5.31. The highest BCUT2D eigenvalue weighted by Crippen LogP contribution is 2.34. The standard InChI is InChI=1S/C14H26N2S/c1-11(2)16-14(4,10-15)9-12(3)17-13-7-5-6-8-13/h11-13,16H,5-9H2,1-4H3. The molecule has 1 N–H and O–H groups in total. The van der Waals surface area contributed by atoms with Crippen LogP contribution in [-0.4, -0.2) is 22.1 Å². The van der Waals surface area contributed by atoms with Crippen molar-refractivity contribution >= 4 is 11.8 Å². The average Bonchev–Trinajstić information content (AvgIpc) is 2.68. The lowest BCUT2D eigenvalue weighted by Crippen LogP contribution is -2.46. The second-order valence-corrected chi connectivity index (χ2v) is 7.54. The molecular weight excluding hydrogens is 228 g/mol. The Morgan fingerprint density at radius 1 is 1.35 bits per heavy atom. The Bertz CT molecular complexity index is 266. The Balaban J connectivity index is 2.41. The van der Waals surface area contributed by atoms with Gasteiger partial charge in [0.25, 0.3) is 0 Å². The van der Waals surface area contributed by atoms with Crippen molar-refractivity contribution in [2.24, 2.45) is 0 Å². The second-order valence-electron chi connectivity index (χ2n) is 5.80. The summed E-state index contributed by atoms with van der Waals surface area (Å²) in [6, 6.07) is 2.81. The van der Waals surface area contributed by atoms with Crippen LogP contribution in [0, 0.1) is 11.3 Å². The van der Waals surface area contributed by atoms with Crippen LogP contribution in [0.2, 0.25) is 0 Å². The third-order valence-corrected chi connectivity index (χ3v) is 4.76. The van der Waals surface area contributed by atoms with Crippen LogP contribution in [0.5, 0.6) is 0 Å². The molecular formula is C14H26N2S. The molecule has 0 aliphatic heterocycles. The molecule has 0 aromatic carbocycles. The number of nitrogens with one attached hydrogen (secondary N) is 1. The fourth-order valence-corrected chi connectivity index (χ4v) is 4.44. The molecule has 0 spiro atoms. The predicted octanol–water partition coefficient (Wildman–Crippen LogP) is 3.72. The van der Waals surface area contributed by atoms with E-state index in [1.807, 2.05) is 6.92 Å². The zero-order valence-electron chi connectivity index (χ0n) is 11.6. The topological polar surface area (TPSA) is 35.8 Å². The quantitative estimate of drug-likeness (QED) is 0.784. The van der Waals surface area contributed by atoms with E-state index in [1.54, 1.807) is 0 Å². The maximum absolute atomic E-state index is 9.32. The van der Waals surface area contributed by atoms with Gasteiger partial charge < -0.3 is 0 Å². The number of hydrogen-bond acceptors (Lipinski definition) is 3. The van der Waals surface area contributed by atoms with Gasteiger partial charge in [-0.3, -0.25) is 5.32 Å². The first kappa shape index (κ1) is 14.9.